The number of hydrazine groups is 1. The summed E-state index contributed by atoms with van der Waals surface area (Å²) in [5.41, 5.74) is 16.4. The molecule has 77 heavy (non-hydrogen) atoms. The highest BCUT2D eigenvalue weighted by Crippen LogP contribution is 2.43. The van der Waals surface area contributed by atoms with E-state index in [2.05, 4.69) is 50.1 Å². The van der Waals surface area contributed by atoms with Gasteiger partial charge in [-0.05, 0) is 103 Å². The summed E-state index contributed by atoms with van der Waals surface area (Å²) in [6.45, 7) is 12.8. The third-order valence-corrected chi connectivity index (χ3v) is 14.5. The Kier molecular flexibility index (Phi) is 15.7. The van der Waals surface area contributed by atoms with Gasteiger partial charge in [0, 0.05) is 73.1 Å². The number of amides is 3. The molecule has 3 aliphatic heterocycles. The zero-order valence-electron chi connectivity index (χ0n) is 44.7. The number of nitrogens with two attached hydrogens (primary N) is 1. The number of benzene rings is 3. The van der Waals surface area contributed by atoms with Gasteiger partial charge in [0.1, 0.15) is 41.8 Å². The maximum Gasteiger partial charge on any atom is 0.328 e. The average Bonchev–Trinajstić information content (AvgIpc) is 4.04. The lowest BCUT2D eigenvalue weighted by molar-refractivity contribution is -0.150. The van der Waals surface area contributed by atoms with Crippen LogP contribution in [0.1, 0.15) is 93.5 Å². The van der Waals surface area contributed by atoms with Crippen LogP contribution in [0, 0.1) is 23.2 Å². The molecule has 17 heteroatoms. The summed E-state index contributed by atoms with van der Waals surface area (Å²) in [7, 11) is 3.22. The normalized spacial score (nSPS) is 19.8. The number of aromatic nitrogens is 4. The van der Waals surface area contributed by atoms with Crippen molar-refractivity contribution in [3.8, 4) is 40.0 Å². The van der Waals surface area contributed by atoms with Crippen LogP contribution in [0.15, 0.2) is 109 Å². The smallest absolute Gasteiger partial charge is 0.328 e. The number of hydrogen-bond acceptors (Lipinski definition) is 13. The van der Waals surface area contributed by atoms with Gasteiger partial charge < -0.3 is 39.8 Å². The van der Waals surface area contributed by atoms with Crippen molar-refractivity contribution in [1.82, 2.24) is 40.2 Å². The van der Waals surface area contributed by atoms with E-state index in [0.717, 1.165) is 38.9 Å². The number of hydrogen-bond donors (Lipinski definition) is 4. The summed E-state index contributed by atoms with van der Waals surface area (Å²) in [4.78, 5) is 72.5. The van der Waals surface area contributed by atoms with Gasteiger partial charge in [-0.25, -0.2) is 20.2 Å². The van der Waals surface area contributed by atoms with Crippen LogP contribution in [-0.4, -0.2) is 110 Å². The highest BCUT2D eigenvalue weighted by atomic mass is 16.5. The summed E-state index contributed by atoms with van der Waals surface area (Å²) in [6.07, 6.45) is 9.31. The van der Waals surface area contributed by atoms with Crippen molar-refractivity contribution in [3.63, 3.8) is 0 Å². The molecule has 3 aromatic carbocycles. The standard InChI is InChI=1S/C60H65N9O8/c1-9-68-50-20-19-40-29-45(50)47(53(68)46-26-37(31-63-51(46)36(4)75-8)17-18-41-32-62-34-64-55(41)61)30-60(5,6)33-77-59(74)48-16-13-22-69(66-48)57(72)49(27-38-24-42(40)28-43(70)25-38)65-56(71)52(35(2)3)67(7)58(73)54-44(21-23-76-54)39-14-11-10-12-15-39/h10-16,19-20,24-29,31-32,34-36,44,48,52,54,66,70H,9,21-23,30,33H2,1-8H3,(H,65,71)(H2,61,62,64)/b49-27-. The average molecular weight is 1040 g/mol. The van der Waals surface area contributed by atoms with Crippen molar-refractivity contribution in [2.75, 3.05) is 39.6 Å². The minimum atomic E-state index is -1.06. The summed E-state index contributed by atoms with van der Waals surface area (Å²) in [6, 6.07) is 20.7. The van der Waals surface area contributed by atoms with Gasteiger partial charge in [0.15, 0.2) is 0 Å². The number of carbonyl (C=O) groups is 4. The number of phenolic OH excluding ortho intramolecular Hbond substituents is 1. The van der Waals surface area contributed by atoms with Crippen LogP contribution >= 0.6 is 0 Å². The molecule has 17 nitrogen and oxygen atoms in total. The number of methoxy groups -OCH3 is 1. The molecular formula is C60H65N9O8. The van der Waals surface area contributed by atoms with Gasteiger partial charge in [-0.2, -0.15) is 0 Å². The lowest BCUT2D eigenvalue weighted by atomic mass is 9.84. The molecular weight excluding hydrogens is 975 g/mol. The number of nitrogen functional groups attached to an aromatic ring is 1. The zero-order chi connectivity index (χ0) is 54.7. The number of aryl methyl sites for hydroxylation is 1. The van der Waals surface area contributed by atoms with Crippen molar-refractivity contribution < 1.29 is 38.5 Å². The van der Waals surface area contributed by atoms with Crippen LogP contribution < -0.4 is 16.5 Å². The number of pyridine rings is 1. The lowest BCUT2D eigenvalue weighted by Gasteiger charge is -2.34. The van der Waals surface area contributed by atoms with E-state index < -0.39 is 53.4 Å². The largest absolute Gasteiger partial charge is 0.508 e. The van der Waals surface area contributed by atoms with Crippen molar-refractivity contribution in [2.24, 2.45) is 11.3 Å². The number of nitrogens with zero attached hydrogens (tertiary/aromatic N) is 6. The van der Waals surface area contributed by atoms with Crippen molar-refractivity contribution in [1.29, 1.82) is 0 Å². The van der Waals surface area contributed by atoms with E-state index in [4.69, 9.17) is 24.9 Å². The topological polar surface area (TPSA) is 216 Å². The first-order chi connectivity index (χ1) is 36.9. The molecule has 0 spiro atoms. The summed E-state index contributed by atoms with van der Waals surface area (Å²) >= 11 is 0. The number of anilines is 1. The maximum atomic E-state index is 14.8. The third-order valence-electron chi connectivity index (χ3n) is 14.5. The SMILES string of the molecule is CCn1c(-c2cc(C#Cc3cncnc3N)cnc2C(C)OC)c2c3cc(ccc31)-c1cc(O)cc(c1)/C=C(\NC(=O)C(C(C)C)N(C)C(=O)C1OCCC1c1ccccc1)C(=O)N1CC=CC(N1)C(=O)OCC(C)(C)C2. The number of carbonyl (C=O) groups excluding carboxylic acids is 4. The summed E-state index contributed by atoms with van der Waals surface area (Å²) < 4.78 is 20.3. The highest BCUT2D eigenvalue weighted by Gasteiger charge is 2.41. The number of ether oxygens (including phenoxy) is 3. The Balaban J connectivity index is 1.16. The molecule has 3 aliphatic rings. The molecule has 0 radical (unpaired) electrons. The molecule has 6 heterocycles. The van der Waals surface area contributed by atoms with Crippen LogP contribution in [-0.2, 0) is 46.4 Å². The molecule has 5 atom stereocenters. The van der Waals surface area contributed by atoms with Gasteiger partial charge in [0.2, 0.25) is 5.91 Å². The summed E-state index contributed by atoms with van der Waals surface area (Å²) in [5.74, 6) is 3.65. The van der Waals surface area contributed by atoms with Gasteiger partial charge in [0.25, 0.3) is 11.8 Å². The van der Waals surface area contributed by atoms with E-state index in [0.29, 0.717) is 53.9 Å². The first-order valence-corrected chi connectivity index (χ1v) is 25.9. The zero-order valence-corrected chi connectivity index (χ0v) is 44.7. The van der Waals surface area contributed by atoms with Crippen LogP contribution in [0.2, 0.25) is 0 Å². The number of esters is 1. The minimum Gasteiger partial charge on any atom is -0.508 e. The molecule has 5 N–H and O–H groups in total. The van der Waals surface area contributed by atoms with Gasteiger partial charge >= 0.3 is 5.97 Å². The fraction of sp³-hybridized carbons (Fsp3) is 0.350. The van der Waals surface area contributed by atoms with E-state index in [-0.39, 0.29) is 42.2 Å². The number of cyclic esters (lactones) is 1. The van der Waals surface area contributed by atoms with E-state index in [1.54, 1.807) is 44.8 Å². The number of phenols is 1. The Morgan fingerprint density at radius 3 is 2.56 bits per heavy atom. The Morgan fingerprint density at radius 1 is 1.03 bits per heavy atom. The molecule has 0 saturated carbocycles. The molecule has 1 saturated heterocycles. The maximum absolute atomic E-state index is 14.8. The van der Waals surface area contributed by atoms with E-state index in [9.17, 15) is 24.3 Å². The molecule has 6 bridgehead atoms. The summed E-state index contributed by atoms with van der Waals surface area (Å²) in [5, 5.41) is 16.5. The number of likely N-dealkylation sites (N-methyl/N-ethyl adjacent to an activating group) is 1. The molecule has 6 aromatic rings. The van der Waals surface area contributed by atoms with Crippen molar-refractivity contribution >= 4 is 46.5 Å². The molecule has 1 fully saturated rings. The number of rotatable bonds is 10. The van der Waals surface area contributed by atoms with Gasteiger partial charge in [-0.3, -0.25) is 24.4 Å². The van der Waals surface area contributed by atoms with Crippen LogP contribution in [0.25, 0.3) is 39.4 Å². The molecule has 3 aromatic heterocycles. The Bertz CT molecular complexity index is 3370. The number of fused-ring (bicyclic) bond motifs is 6. The van der Waals surface area contributed by atoms with Crippen LogP contribution in [0.5, 0.6) is 5.75 Å². The van der Waals surface area contributed by atoms with E-state index in [1.807, 2.05) is 89.2 Å². The quantitative estimate of drug-likeness (QED) is 0.0595. The van der Waals surface area contributed by atoms with Crippen molar-refractivity contribution in [2.45, 2.75) is 91.1 Å². The second-order valence-electron chi connectivity index (χ2n) is 20.9. The van der Waals surface area contributed by atoms with Gasteiger partial charge in [-0.1, -0.05) is 88.1 Å². The van der Waals surface area contributed by atoms with Gasteiger partial charge in [0.05, 0.1) is 36.2 Å². The predicted octanol–water partition coefficient (Wildman–Crippen LogP) is 7.49. The second kappa shape index (κ2) is 22.6. The first-order valence-electron chi connectivity index (χ1n) is 25.9. The Morgan fingerprint density at radius 2 is 1.82 bits per heavy atom. The fourth-order valence-corrected chi connectivity index (χ4v) is 10.6. The predicted molar refractivity (Wildman–Crippen MR) is 293 cm³/mol. The first kappa shape index (κ1) is 53.6. The third kappa shape index (κ3) is 11.4. The highest BCUT2D eigenvalue weighted by molar-refractivity contribution is 6.03. The molecule has 5 unspecified atom stereocenters. The number of nitrogens with one attached hydrogen (secondary N) is 2. The molecule has 3 amide bonds. The van der Waals surface area contributed by atoms with E-state index >= 15 is 0 Å². The molecule has 9 rings (SSSR count). The lowest BCUT2D eigenvalue weighted by Crippen LogP contribution is -2.57. The Hall–Kier alpha value is -8.17. The van der Waals surface area contributed by atoms with Crippen molar-refractivity contribution in [3.05, 3.63) is 143 Å². The van der Waals surface area contributed by atoms with E-state index in [1.165, 1.54) is 28.4 Å². The van der Waals surface area contributed by atoms with Gasteiger partial charge in [-0.15, -0.1) is 0 Å². The Labute approximate surface area is 448 Å². The number of aromatic hydroxyl groups is 1. The monoisotopic (exact) mass is 1040 g/mol. The molecule has 0 aliphatic carbocycles. The van der Waals surface area contributed by atoms with Crippen LogP contribution in [0.4, 0.5) is 5.82 Å². The molecule has 398 valence electrons. The fourth-order valence-electron chi connectivity index (χ4n) is 10.6. The second-order valence-corrected chi connectivity index (χ2v) is 20.9. The van der Waals surface area contributed by atoms with Crippen LogP contribution in [0.3, 0.4) is 0 Å². The minimum absolute atomic E-state index is 0.00728.